The van der Waals surface area contributed by atoms with Crippen molar-refractivity contribution in [2.24, 2.45) is 5.92 Å². The molecule has 36 heavy (non-hydrogen) atoms. The number of nitriles is 1. The van der Waals surface area contributed by atoms with Crippen molar-refractivity contribution in [2.45, 2.75) is 18.9 Å². The lowest BCUT2D eigenvalue weighted by atomic mass is 9.96. The summed E-state index contributed by atoms with van der Waals surface area (Å²) in [5.74, 6) is 0.574. The van der Waals surface area contributed by atoms with Gasteiger partial charge in [0.1, 0.15) is 22.9 Å². The lowest BCUT2D eigenvalue weighted by Crippen LogP contribution is -2.57. The molecule has 0 saturated carbocycles. The molecule has 11 heteroatoms. The number of alkyl halides is 1. The van der Waals surface area contributed by atoms with E-state index in [2.05, 4.69) is 32.2 Å². The summed E-state index contributed by atoms with van der Waals surface area (Å²) in [5, 5.41) is 18.8. The van der Waals surface area contributed by atoms with Crippen LogP contribution in [0.25, 0.3) is 16.6 Å². The normalized spacial score (nSPS) is 16.9. The Morgan fingerprint density at radius 2 is 1.94 bits per heavy atom. The van der Waals surface area contributed by atoms with Gasteiger partial charge in [-0.3, -0.25) is 14.3 Å². The fourth-order valence-electron chi connectivity index (χ4n) is 4.84. The molecule has 2 aliphatic rings. The Balaban J connectivity index is 1.20. The second-order valence-electron chi connectivity index (χ2n) is 9.02. The Bertz CT molecular complexity index is 1360. The molecule has 0 atom stereocenters. The van der Waals surface area contributed by atoms with E-state index >= 15 is 0 Å². The molecule has 2 saturated heterocycles. The minimum atomic E-state index is -0.104. The van der Waals surface area contributed by atoms with Crippen LogP contribution in [0.5, 0.6) is 5.75 Å². The van der Waals surface area contributed by atoms with Gasteiger partial charge >= 0.3 is 0 Å². The number of hydrogen-bond donors (Lipinski definition) is 0. The summed E-state index contributed by atoms with van der Waals surface area (Å²) in [6.07, 6.45) is 12.2. The Labute approximate surface area is 216 Å². The molecule has 5 heterocycles. The molecule has 186 valence electrons. The Kier molecular flexibility index (Phi) is 6.78. The molecule has 2 fully saturated rings. The molecule has 0 aliphatic carbocycles. The van der Waals surface area contributed by atoms with E-state index in [9.17, 15) is 14.9 Å². The van der Waals surface area contributed by atoms with Crippen LogP contribution in [0.2, 0.25) is 0 Å². The minimum absolute atomic E-state index is 0.0403. The Hall–Kier alpha value is -3.65. The van der Waals surface area contributed by atoms with Crippen molar-refractivity contribution in [3.63, 3.8) is 0 Å². The van der Waals surface area contributed by atoms with Crippen LogP contribution in [-0.2, 0) is 9.59 Å². The quantitative estimate of drug-likeness (QED) is 0.344. The van der Waals surface area contributed by atoms with Gasteiger partial charge < -0.3 is 14.5 Å². The average Bonchev–Trinajstić information content (AvgIpc) is 3.53. The first-order valence-corrected chi connectivity index (χ1v) is 12.9. The number of amides is 2. The number of fused-ring (bicyclic) bond motifs is 1. The zero-order valence-corrected chi connectivity index (χ0v) is 21.5. The van der Waals surface area contributed by atoms with Gasteiger partial charge in [0.2, 0.25) is 11.8 Å². The molecule has 2 aliphatic heterocycles. The third-order valence-electron chi connectivity index (χ3n) is 6.89. The zero-order valence-electron chi connectivity index (χ0n) is 19.9. The van der Waals surface area contributed by atoms with E-state index in [1.54, 1.807) is 28.7 Å². The highest BCUT2D eigenvalue weighted by Gasteiger charge is 2.38. The van der Waals surface area contributed by atoms with Crippen LogP contribution in [0.1, 0.15) is 24.4 Å². The van der Waals surface area contributed by atoms with Crippen LogP contribution in [0, 0.1) is 17.2 Å². The van der Waals surface area contributed by atoms with Crippen LogP contribution in [0.4, 0.5) is 0 Å². The summed E-state index contributed by atoms with van der Waals surface area (Å²) in [7, 11) is 1.58. The molecule has 0 spiro atoms. The van der Waals surface area contributed by atoms with Crippen LogP contribution < -0.4 is 4.74 Å². The summed E-state index contributed by atoms with van der Waals surface area (Å²) < 4.78 is 9.14. The molecule has 0 unspecified atom stereocenters. The predicted octanol–water partition coefficient (Wildman–Crippen LogP) is 2.65. The molecule has 0 bridgehead atoms. The summed E-state index contributed by atoms with van der Waals surface area (Å²) in [5.41, 5.74) is 2.92. The Morgan fingerprint density at radius 1 is 1.17 bits per heavy atom. The molecule has 0 radical (unpaired) electrons. The van der Waals surface area contributed by atoms with Gasteiger partial charge in [-0.2, -0.15) is 15.5 Å². The maximum absolute atomic E-state index is 12.9. The topological polar surface area (TPSA) is 109 Å². The summed E-state index contributed by atoms with van der Waals surface area (Å²) in [6.45, 7) is 2.34. The van der Waals surface area contributed by atoms with Gasteiger partial charge in [0.15, 0.2) is 0 Å². The van der Waals surface area contributed by atoms with E-state index in [0.717, 1.165) is 24.0 Å². The third-order valence-corrected chi connectivity index (χ3v) is 7.27. The van der Waals surface area contributed by atoms with E-state index < -0.39 is 0 Å². The van der Waals surface area contributed by atoms with Gasteiger partial charge in [0.25, 0.3) is 0 Å². The molecule has 5 rings (SSSR count). The lowest BCUT2D eigenvalue weighted by Gasteiger charge is -2.41. The highest BCUT2D eigenvalue weighted by Crippen LogP contribution is 2.31. The number of nitrogens with zero attached hydrogens (tertiary/aromatic N) is 7. The highest BCUT2D eigenvalue weighted by atomic mass is 79.9. The van der Waals surface area contributed by atoms with Gasteiger partial charge in [-0.25, -0.2) is 4.52 Å². The number of aromatic nitrogens is 4. The van der Waals surface area contributed by atoms with E-state index in [0.29, 0.717) is 48.3 Å². The van der Waals surface area contributed by atoms with Crippen molar-refractivity contribution in [3.05, 3.63) is 48.6 Å². The van der Waals surface area contributed by atoms with E-state index in [1.807, 2.05) is 34.2 Å². The summed E-state index contributed by atoms with van der Waals surface area (Å²) >= 11 is 3.26. The van der Waals surface area contributed by atoms with Gasteiger partial charge in [0.05, 0.1) is 31.5 Å². The van der Waals surface area contributed by atoms with Crippen LogP contribution in [0.15, 0.2) is 43.0 Å². The van der Waals surface area contributed by atoms with Crippen molar-refractivity contribution in [3.8, 4) is 22.9 Å². The standard InChI is InChI=1S/C25H26BrN7O3/c1-36-22-9-17(15-33-24(22)18(10-27)11-29-33)19-12-28-32(16-19)21-4-7-30(8-5-21)25(35)20-13-31(14-20)23(34)3-2-6-26/h2-3,9,11-12,15-16,20-21H,4-8,13-14H2,1H3/b3-2+. The highest BCUT2D eigenvalue weighted by molar-refractivity contribution is 9.09. The number of halogens is 1. The van der Waals surface area contributed by atoms with Crippen LogP contribution in [0.3, 0.4) is 0 Å². The molecular weight excluding hydrogens is 526 g/mol. The van der Waals surface area contributed by atoms with Gasteiger partial charge in [-0.05, 0) is 25.0 Å². The largest absolute Gasteiger partial charge is 0.494 e. The fourth-order valence-corrected chi connectivity index (χ4v) is 5.03. The van der Waals surface area contributed by atoms with Crippen molar-refractivity contribution in [2.75, 3.05) is 38.6 Å². The average molecular weight is 552 g/mol. The molecule has 0 aromatic carbocycles. The number of piperidine rings is 1. The number of allylic oxidation sites excluding steroid dienone is 1. The zero-order chi connectivity index (χ0) is 25.2. The minimum Gasteiger partial charge on any atom is -0.494 e. The summed E-state index contributed by atoms with van der Waals surface area (Å²) in [4.78, 5) is 28.5. The summed E-state index contributed by atoms with van der Waals surface area (Å²) in [6, 6.07) is 4.24. The number of carbonyl (C=O) groups excluding carboxylic acids is 2. The Morgan fingerprint density at radius 3 is 2.64 bits per heavy atom. The third kappa shape index (κ3) is 4.48. The van der Waals surface area contributed by atoms with Crippen molar-refractivity contribution in [1.82, 2.24) is 29.2 Å². The number of ether oxygens (including phenoxy) is 1. The maximum atomic E-state index is 12.9. The van der Waals surface area contributed by atoms with Crippen LogP contribution in [-0.4, -0.2) is 79.6 Å². The number of hydrogen-bond acceptors (Lipinski definition) is 6. The number of carbonyl (C=O) groups is 2. The van der Waals surface area contributed by atoms with Gasteiger partial charge in [0, 0.05) is 55.0 Å². The van der Waals surface area contributed by atoms with Gasteiger partial charge in [-0.15, -0.1) is 0 Å². The number of pyridine rings is 1. The lowest BCUT2D eigenvalue weighted by molar-refractivity contribution is -0.147. The molecule has 0 N–H and O–H groups in total. The van der Waals surface area contributed by atoms with Crippen molar-refractivity contribution < 1.29 is 14.3 Å². The van der Waals surface area contributed by atoms with Gasteiger partial charge in [-0.1, -0.05) is 22.0 Å². The van der Waals surface area contributed by atoms with E-state index in [1.165, 1.54) is 6.20 Å². The first kappa shape index (κ1) is 24.1. The SMILES string of the molecule is COc1cc(-c2cnn(C3CCN(C(=O)C4CN(C(=O)/C=C/CBr)C4)CC3)c2)cn2ncc(C#N)c12. The van der Waals surface area contributed by atoms with E-state index in [-0.39, 0.29) is 23.8 Å². The first-order chi connectivity index (χ1) is 17.5. The monoisotopic (exact) mass is 551 g/mol. The molecule has 3 aromatic heterocycles. The molecule has 2 amide bonds. The fraction of sp³-hybridized carbons (Fsp3) is 0.400. The predicted molar refractivity (Wildman–Crippen MR) is 136 cm³/mol. The molecule has 3 aromatic rings. The molecule has 10 nitrogen and oxygen atoms in total. The maximum Gasteiger partial charge on any atom is 0.246 e. The second-order valence-corrected chi connectivity index (χ2v) is 9.67. The smallest absolute Gasteiger partial charge is 0.246 e. The number of likely N-dealkylation sites (tertiary alicyclic amines) is 2. The van der Waals surface area contributed by atoms with Crippen molar-refractivity contribution >= 4 is 33.3 Å². The second kappa shape index (κ2) is 10.1. The number of methoxy groups -OCH3 is 1. The first-order valence-electron chi connectivity index (χ1n) is 11.8. The van der Waals surface area contributed by atoms with Crippen LogP contribution >= 0.6 is 15.9 Å². The van der Waals surface area contributed by atoms with E-state index in [4.69, 9.17) is 4.74 Å². The molecular formula is C25H26BrN7O3. The van der Waals surface area contributed by atoms with Crippen molar-refractivity contribution in [1.29, 1.82) is 5.26 Å². The number of rotatable bonds is 6.